The monoisotopic (exact) mass is 234 g/mol. The normalized spacial score (nSPS) is 10.6. The number of hydrogen-bond acceptors (Lipinski definition) is 2. The summed E-state index contributed by atoms with van der Waals surface area (Å²) in [4.78, 5) is 3.53. The van der Waals surface area contributed by atoms with Crippen LogP contribution in [0.25, 0.3) is 0 Å². The van der Waals surface area contributed by atoms with Gasteiger partial charge >= 0.3 is 6.18 Å². The molecule has 0 bridgehead atoms. The van der Waals surface area contributed by atoms with E-state index in [9.17, 15) is 13.2 Å². The second-order valence-electron chi connectivity index (χ2n) is 3.33. The number of aryl methyl sites for hydroxylation is 1. The van der Waals surface area contributed by atoms with Gasteiger partial charge in [-0.25, -0.2) is 0 Å². The number of nitrogens with zero attached hydrogens (tertiary/aromatic N) is 1. The first kappa shape index (κ1) is 14.9. The second-order valence-corrected chi connectivity index (χ2v) is 3.33. The van der Waals surface area contributed by atoms with E-state index in [2.05, 4.69) is 11.9 Å². The SMILES string of the molecule is CCCCN.Cc1ccc(C(F)(F)F)cn1. The molecule has 0 aliphatic carbocycles. The zero-order chi connectivity index (χ0) is 12.6. The van der Waals surface area contributed by atoms with Crippen LogP contribution in [0.3, 0.4) is 0 Å². The van der Waals surface area contributed by atoms with Crippen molar-refractivity contribution in [2.24, 2.45) is 5.73 Å². The van der Waals surface area contributed by atoms with E-state index < -0.39 is 11.7 Å². The summed E-state index contributed by atoms with van der Waals surface area (Å²) in [5, 5.41) is 0. The fourth-order valence-electron chi connectivity index (χ4n) is 0.840. The molecule has 0 saturated carbocycles. The Morgan fingerprint density at radius 2 is 1.94 bits per heavy atom. The molecule has 0 amide bonds. The van der Waals surface area contributed by atoms with Crippen LogP contribution in [0.15, 0.2) is 18.3 Å². The van der Waals surface area contributed by atoms with Crippen molar-refractivity contribution >= 4 is 0 Å². The summed E-state index contributed by atoms with van der Waals surface area (Å²) in [6, 6.07) is 2.35. The number of pyridine rings is 1. The molecule has 0 fully saturated rings. The van der Waals surface area contributed by atoms with Gasteiger partial charge in [-0.1, -0.05) is 13.3 Å². The molecule has 92 valence electrons. The lowest BCUT2D eigenvalue weighted by molar-refractivity contribution is -0.137. The lowest BCUT2D eigenvalue weighted by Crippen LogP contribution is -2.05. The van der Waals surface area contributed by atoms with Crippen LogP contribution in [-0.4, -0.2) is 11.5 Å². The number of nitrogens with two attached hydrogens (primary N) is 1. The molecule has 1 aromatic heterocycles. The van der Waals surface area contributed by atoms with E-state index in [-0.39, 0.29) is 0 Å². The first-order chi connectivity index (χ1) is 7.41. The second kappa shape index (κ2) is 7.22. The van der Waals surface area contributed by atoms with Crippen LogP contribution in [0.2, 0.25) is 0 Å². The molecular weight excluding hydrogens is 217 g/mol. The topological polar surface area (TPSA) is 38.9 Å². The van der Waals surface area contributed by atoms with Gasteiger partial charge in [0.2, 0.25) is 0 Å². The largest absolute Gasteiger partial charge is 0.417 e. The Kier molecular flexibility index (Phi) is 6.72. The van der Waals surface area contributed by atoms with Crippen LogP contribution in [0, 0.1) is 6.92 Å². The Balaban J connectivity index is 0.000000385. The molecule has 2 nitrogen and oxygen atoms in total. The number of halogens is 3. The third-order valence-corrected chi connectivity index (χ3v) is 1.80. The van der Waals surface area contributed by atoms with Crippen molar-refractivity contribution in [3.8, 4) is 0 Å². The van der Waals surface area contributed by atoms with Crippen LogP contribution in [0.5, 0.6) is 0 Å². The average molecular weight is 234 g/mol. The van der Waals surface area contributed by atoms with Crippen molar-refractivity contribution in [2.75, 3.05) is 6.54 Å². The molecule has 0 aliphatic heterocycles. The molecule has 0 spiro atoms. The molecule has 0 aromatic carbocycles. The molecule has 16 heavy (non-hydrogen) atoms. The molecule has 1 heterocycles. The smallest absolute Gasteiger partial charge is 0.330 e. The van der Waals surface area contributed by atoms with Crippen LogP contribution in [0.4, 0.5) is 13.2 Å². The van der Waals surface area contributed by atoms with Crippen molar-refractivity contribution in [2.45, 2.75) is 32.9 Å². The highest BCUT2D eigenvalue weighted by Gasteiger charge is 2.30. The van der Waals surface area contributed by atoms with E-state index in [1.807, 2.05) is 0 Å². The van der Waals surface area contributed by atoms with E-state index in [1.165, 1.54) is 18.9 Å². The summed E-state index contributed by atoms with van der Waals surface area (Å²) >= 11 is 0. The van der Waals surface area contributed by atoms with Gasteiger partial charge in [0, 0.05) is 11.9 Å². The van der Waals surface area contributed by atoms with Crippen molar-refractivity contribution in [1.29, 1.82) is 0 Å². The molecule has 0 aliphatic rings. The Labute approximate surface area is 93.7 Å². The van der Waals surface area contributed by atoms with Gasteiger partial charge in [0.15, 0.2) is 0 Å². The van der Waals surface area contributed by atoms with Gasteiger partial charge in [0.1, 0.15) is 0 Å². The predicted molar refractivity (Wildman–Crippen MR) is 57.9 cm³/mol. The van der Waals surface area contributed by atoms with E-state index in [4.69, 9.17) is 5.73 Å². The summed E-state index contributed by atoms with van der Waals surface area (Å²) < 4.78 is 35.6. The maximum Gasteiger partial charge on any atom is 0.417 e. The maximum atomic E-state index is 11.9. The lowest BCUT2D eigenvalue weighted by atomic mass is 10.2. The fourth-order valence-corrected chi connectivity index (χ4v) is 0.840. The molecule has 0 unspecified atom stereocenters. The Bertz CT molecular complexity index is 278. The third kappa shape index (κ3) is 6.40. The van der Waals surface area contributed by atoms with E-state index in [0.717, 1.165) is 18.8 Å². The van der Waals surface area contributed by atoms with Gasteiger partial charge in [0.05, 0.1) is 5.56 Å². The van der Waals surface area contributed by atoms with Crippen LogP contribution in [0.1, 0.15) is 31.0 Å². The minimum Gasteiger partial charge on any atom is -0.330 e. The van der Waals surface area contributed by atoms with Crippen molar-refractivity contribution in [1.82, 2.24) is 4.98 Å². The molecule has 1 rings (SSSR count). The third-order valence-electron chi connectivity index (χ3n) is 1.80. The number of aromatic nitrogens is 1. The predicted octanol–water partition coefficient (Wildman–Crippen LogP) is 3.15. The molecule has 0 radical (unpaired) electrons. The Morgan fingerprint density at radius 1 is 1.31 bits per heavy atom. The summed E-state index contributed by atoms with van der Waals surface area (Å²) in [6.45, 7) is 4.61. The van der Waals surface area contributed by atoms with E-state index in [1.54, 1.807) is 6.92 Å². The van der Waals surface area contributed by atoms with Crippen LogP contribution >= 0.6 is 0 Å². The van der Waals surface area contributed by atoms with Crippen LogP contribution in [-0.2, 0) is 6.18 Å². The summed E-state index contributed by atoms with van der Waals surface area (Å²) in [7, 11) is 0. The highest BCUT2D eigenvalue weighted by atomic mass is 19.4. The first-order valence-corrected chi connectivity index (χ1v) is 5.11. The Hall–Kier alpha value is -1.10. The summed E-state index contributed by atoms with van der Waals surface area (Å²) in [5.74, 6) is 0. The van der Waals surface area contributed by atoms with Gasteiger partial charge in [-0.15, -0.1) is 0 Å². The quantitative estimate of drug-likeness (QED) is 0.853. The minimum atomic E-state index is -4.28. The van der Waals surface area contributed by atoms with Gasteiger partial charge in [-0.05, 0) is 32.0 Å². The molecule has 1 aromatic rings. The highest BCUT2D eigenvalue weighted by Crippen LogP contribution is 2.28. The first-order valence-electron chi connectivity index (χ1n) is 5.11. The standard InChI is InChI=1S/C7H6F3N.C4H11N/c1-5-2-3-6(4-11-5)7(8,9)10;1-2-3-4-5/h2-4H,1H3;2-5H2,1H3. The van der Waals surface area contributed by atoms with Crippen molar-refractivity contribution < 1.29 is 13.2 Å². The molecule has 2 N–H and O–H groups in total. The number of alkyl halides is 3. The van der Waals surface area contributed by atoms with Gasteiger partial charge in [-0.2, -0.15) is 13.2 Å². The van der Waals surface area contributed by atoms with Gasteiger partial charge < -0.3 is 5.73 Å². The summed E-state index contributed by atoms with van der Waals surface area (Å²) in [6.07, 6.45) is -1.06. The van der Waals surface area contributed by atoms with Crippen molar-refractivity contribution in [3.05, 3.63) is 29.6 Å². The molecule has 0 atom stereocenters. The van der Waals surface area contributed by atoms with Crippen molar-refractivity contribution in [3.63, 3.8) is 0 Å². The molecular formula is C11H17F3N2. The minimum absolute atomic E-state index is 0.581. The highest BCUT2D eigenvalue weighted by molar-refractivity contribution is 5.15. The van der Waals surface area contributed by atoms with Gasteiger partial charge in [-0.3, -0.25) is 4.98 Å². The van der Waals surface area contributed by atoms with Crippen LogP contribution < -0.4 is 5.73 Å². The fraction of sp³-hybridized carbons (Fsp3) is 0.545. The molecule has 0 saturated heterocycles. The number of unbranched alkanes of at least 4 members (excludes halogenated alkanes) is 1. The summed E-state index contributed by atoms with van der Waals surface area (Å²) in [5.41, 5.74) is 5.02. The number of hydrogen-bond donors (Lipinski definition) is 1. The Morgan fingerprint density at radius 3 is 2.19 bits per heavy atom. The molecule has 5 heteroatoms. The van der Waals surface area contributed by atoms with Gasteiger partial charge in [0.25, 0.3) is 0 Å². The lowest BCUT2D eigenvalue weighted by Gasteiger charge is -2.04. The van der Waals surface area contributed by atoms with E-state index in [0.29, 0.717) is 5.69 Å². The van der Waals surface area contributed by atoms with E-state index >= 15 is 0 Å². The maximum absolute atomic E-state index is 11.9. The zero-order valence-electron chi connectivity index (χ0n) is 9.51. The average Bonchev–Trinajstić information content (AvgIpc) is 2.19. The zero-order valence-corrected chi connectivity index (χ0v) is 9.51. The number of rotatable bonds is 2.